The van der Waals surface area contributed by atoms with Gasteiger partial charge in [0.25, 0.3) is 0 Å². The van der Waals surface area contributed by atoms with E-state index in [0.717, 1.165) is 17.8 Å². The first kappa shape index (κ1) is 10.9. The predicted molar refractivity (Wildman–Crippen MR) is 68.9 cm³/mol. The van der Waals surface area contributed by atoms with Crippen molar-refractivity contribution in [1.29, 1.82) is 0 Å². The van der Waals surface area contributed by atoms with Gasteiger partial charge in [0.15, 0.2) is 0 Å². The standard InChI is InChI=1S/C12H21N3S/c1-7-12(15(2)6-16-7)10-5-11(10)14-9-3-8(13)4-9/h8-11,14H,3-6,13H2,1-2H3. The summed E-state index contributed by atoms with van der Waals surface area (Å²) in [7, 11) is 2.22. The van der Waals surface area contributed by atoms with Gasteiger partial charge in [0.1, 0.15) is 0 Å². The maximum Gasteiger partial charge on any atom is 0.0677 e. The molecule has 2 fully saturated rings. The lowest BCUT2D eigenvalue weighted by Crippen LogP contribution is -2.49. The van der Waals surface area contributed by atoms with Crippen molar-refractivity contribution in [2.45, 2.75) is 44.3 Å². The average Bonchev–Trinajstić information content (AvgIpc) is 2.84. The first-order valence-electron chi connectivity index (χ1n) is 6.21. The Balaban J connectivity index is 1.54. The lowest BCUT2D eigenvalue weighted by Gasteiger charge is -2.33. The van der Waals surface area contributed by atoms with Crippen LogP contribution >= 0.6 is 11.8 Å². The minimum atomic E-state index is 0.459. The van der Waals surface area contributed by atoms with Crippen molar-refractivity contribution < 1.29 is 0 Å². The van der Waals surface area contributed by atoms with Crippen LogP contribution in [0, 0.1) is 5.92 Å². The first-order chi connectivity index (χ1) is 7.65. The molecule has 2 aliphatic carbocycles. The quantitative estimate of drug-likeness (QED) is 0.779. The van der Waals surface area contributed by atoms with E-state index in [2.05, 4.69) is 24.2 Å². The smallest absolute Gasteiger partial charge is 0.0677 e. The number of hydrogen-bond donors (Lipinski definition) is 2. The first-order valence-corrected chi connectivity index (χ1v) is 7.20. The Bertz CT molecular complexity index is 322. The molecule has 0 aromatic heterocycles. The Kier molecular flexibility index (Phi) is 2.68. The van der Waals surface area contributed by atoms with Crippen molar-refractivity contribution in [2.75, 3.05) is 12.9 Å². The van der Waals surface area contributed by atoms with Crippen LogP contribution in [0.5, 0.6) is 0 Å². The van der Waals surface area contributed by atoms with E-state index in [1.54, 1.807) is 5.70 Å². The van der Waals surface area contributed by atoms with Crippen LogP contribution in [0.1, 0.15) is 26.2 Å². The van der Waals surface area contributed by atoms with Crippen molar-refractivity contribution >= 4 is 11.8 Å². The van der Waals surface area contributed by atoms with Crippen molar-refractivity contribution in [3.63, 3.8) is 0 Å². The SMILES string of the molecule is CC1=C(C2CC2NC2CC(N)C2)N(C)CS1. The molecule has 0 radical (unpaired) electrons. The average molecular weight is 239 g/mol. The Morgan fingerprint density at radius 3 is 2.69 bits per heavy atom. The van der Waals surface area contributed by atoms with Gasteiger partial charge < -0.3 is 16.0 Å². The number of hydrogen-bond acceptors (Lipinski definition) is 4. The van der Waals surface area contributed by atoms with E-state index in [1.807, 2.05) is 11.8 Å². The van der Waals surface area contributed by atoms with E-state index in [-0.39, 0.29) is 0 Å². The summed E-state index contributed by atoms with van der Waals surface area (Å²) in [4.78, 5) is 3.95. The number of nitrogens with zero attached hydrogens (tertiary/aromatic N) is 1. The molecule has 3 nitrogen and oxygen atoms in total. The lowest BCUT2D eigenvalue weighted by atomic mass is 9.87. The molecule has 1 heterocycles. The molecule has 0 bridgehead atoms. The zero-order valence-corrected chi connectivity index (χ0v) is 10.9. The third-order valence-electron chi connectivity index (χ3n) is 4.01. The van der Waals surface area contributed by atoms with E-state index >= 15 is 0 Å². The summed E-state index contributed by atoms with van der Waals surface area (Å²) in [5.74, 6) is 1.91. The molecule has 0 aromatic rings. The molecular formula is C12H21N3S. The molecule has 90 valence electrons. The van der Waals surface area contributed by atoms with Crippen LogP contribution in [0.25, 0.3) is 0 Å². The van der Waals surface area contributed by atoms with Gasteiger partial charge in [0, 0.05) is 41.7 Å². The summed E-state index contributed by atoms with van der Waals surface area (Å²) in [6, 6.07) is 1.88. The molecule has 0 spiro atoms. The molecule has 16 heavy (non-hydrogen) atoms. The topological polar surface area (TPSA) is 41.3 Å². The monoisotopic (exact) mass is 239 g/mol. The van der Waals surface area contributed by atoms with Crippen LogP contribution in [-0.2, 0) is 0 Å². The van der Waals surface area contributed by atoms with Gasteiger partial charge in [-0.25, -0.2) is 0 Å². The summed E-state index contributed by atoms with van der Waals surface area (Å²) in [6.07, 6.45) is 3.67. The van der Waals surface area contributed by atoms with Gasteiger partial charge >= 0.3 is 0 Å². The summed E-state index contributed by atoms with van der Waals surface area (Å²) >= 11 is 1.98. The molecular weight excluding hydrogens is 218 g/mol. The molecule has 4 heteroatoms. The zero-order valence-electron chi connectivity index (χ0n) is 10.1. The van der Waals surface area contributed by atoms with Crippen molar-refractivity contribution in [3.05, 3.63) is 10.6 Å². The Labute approximate surface area is 102 Å². The second-order valence-electron chi connectivity index (χ2n) is 5.46. The molecule has 2 saturated carbocycles. The van der Waals surface area contributed by atoms with E-state index in [0.29, 0.717) is 12.1 Å². The fraction of sp³-hybridized carbons (Fsp3) is 0.833. The fourth-order valence-electron chi connectivity index (χ4n) is 2.93. The molecule has 2 atom stereocenters. The molecule has 3 N–H and O–H groups in total. The molecule has 2 unspecified atom stereocenters. The minimum absolute atomic E-state index is 0.459. The zero-order chi connectivity index (χ0) is 11.3. The third kappa shape index (κ3) is 1.87. The molecule has 1 aliphatic heterocycles. The van der Waals surface area contributed by atoms with Crippen molar-refractivity contribution in [1.82, 2.24) is 10.2 Å². The normalized spacial score (nSPS) is 42.6. The van der Waals surface area contributed by atoms with Gasteiger partial charge in [-0.1, -0.05) is 0 Å². The van der Waals surface area contributed by atoms with Gasteiger partial charge in [-0.2, -0.15) is 0 Å². The van der Waals surface area contributed by atoms with Crippen LogP contribution in [0.3, 0.4) is 0 Å². The van der Waals surface area contributed by atoms with Crippen LogP contribution in [0.2, 0.25) is 0 Å². The van der Waals surface area contributed by atoms with E-state index in [9.17, 15) is 0 Å². The molecule has 0 aromatic carbocycles. The number of nitrogens with one attached hydrogen (secondary N) is 1. The largest absolute Gasteiger partial charge is 0.367 e. The Morgan fingerprint density at radius 2 is 2.12 bits per heavy atom. The highest BCUT2D eigenvalue weighted by Gasteiger charge is 2.45. The summed E-state index contributed by atoms with van der Waals surface area (Å²) in [6.45, 7) is 2.26. The highest BCUT2D eigenvalue weighted by atomic mass is 32.2. The van der Waals surface area contributed by atoms with Gasteiger partial charge in [-0.05, 0) is 26.2 Å². The maximum absolute atomic E-state index is 5.81. The van der Waals surface area contributed by atoms with E-state index < -0.39 is 0 Å². The van der Waals surface area contributed by atoms with Crippen LogP contribution in [0.15, 0.2) is 10.6 Å². The molecule has 0 saturated heterocycles. The van der Waals surface area contributed by atoms with Gasteiger partial charge in [-0.3, -0.25) is 0 Å². The maximum atomic E-state index is 5.81. The summed E-state index contributed by atoms with van der Waals surface area (Å²) in [5, 5.41) is 3.74. The van der Waals surface area contributed by atoms with Crippen LogP contribution in [0.4, 0.5) is 0 Å². The third-order valence-corrected chi connectivity index (χ3v) is 5.17. The van der Waals surface area contributed by atoms with Crippen molar-refractivity contribution in [3.8, 4) is 0 Å². The molecule has 3 aliphatic rings. The summed E-state index contributed by atoms with van der Waals surface area (Å²) < 4.78 is 0. The van der Waals surface area contributed by atoms with Gasteiger partial charge in [-0.15, -0.1) is 11.8 Å². The highest BCUT2D eigenvalue weighted by Crippen LogP contribution is 2.46. The molecule has 3 rings (SSSR count). The highest BCUT2D eigenvalue weighted by molar-refractivity contribution is 8.03. The number of nitrogens with two attached hydrogens (primary N) is 1. The Hall–Kier alpha value is -0.190. The minimum Gasteiger partial charge on any atom is -0.367 e. The fourth-order valence-corrected chi connectivity index (χ4v) is 3.91. The lowest BCUT2D eigenvalue weighted by molar-refractivity contribution is 0.286. The van der Waals surface area contributed by atoms with Gasteiger partial charge in [0.2, 0.25) is 0 Å². The second kappa shape index (κ2) is 3.93. The van der Waals surface area contributed by atoms with Crippen LogP contribution < -0.4 is 11.1 Å². The van der Waals surface area contributed by atoms with Crippen molar-refractivity contribution in [2.24, 2.45) is 11.7 Å². The van der Waals surface area contributed by atoms with Crippen LogP contribution in [-0.4, -0.2) is 35.9 Å². The summed E-state index contributed by atoms with van der Waals surface area (Å²) in [5.41, 5.74) is 7.39. The molecule has 0 amide bonds. The van der Waals surface area contributed by atoms with E-state index in [4.69, 9.17) is 5.73 Å². The van der Waals surface area contributed by atoms with Gasteiger partial charge in [0.05, 0.1) is 5.88 Å². The van der Waals surface area contributed by atoms with E-state index in [1.165, 1.54) is 24.2 Å². The number of rotatable bonds is 3. The predicted octanol–water partition coefficient (Wildman–Crippen LogP) is 1.32. The number of allylic oxidation sites excluding steroid dienone is 1. The second-order valence-corrected chi connectivity index (χ2v) is 6.62. The number of thioether (sulfide) groups is 1. The Morgan fingerprint density at radius 1 is 1.38 bits per heavy atom.